The van der Waals surface area contributed by atoms with E-state index in [2.05, 4.69) is 10.6 Å². The minimum atomic E-state index is -0.832. The fourth-order valence-corrected chi connectivity index (χ4v) is 3.12. The quantitative estimate of drug-likeness (QED) is 0.663. The van der Waals surface area contributed by atoms with Crippen molar-refractivity contribution in [3.05, 3.63) is 65.7 Å². The smallest absolute Gasteiger partial charge is 0.328 e. The lowest BCUT2D eigenvalue weighted by molar-refractivity contribution is -0.145. The number of carbonyl (C=O) groups excluding carboxylic acids is 3. The van der Waals surface area contributed by atoms with Crippen molar-refractivity contribution in [2.24, 2.45) is 0 Å². The zero-order valence-corrected chi connectivity index (χ0v) is 16.2. The Morgan fingerprint density at radius 3 is 2.45 bits per heavy atom. The van der Waals surface area contributed by atoms with Crippen molar-refractivity contribution in [1.82, 2.24) is 10.6 Å². The molecule has 1 saturated heterocycles. The van der Waals surface area contributed by atoms with Gasteiger partial charge in [-0.3, -0.25) is 9.59 Å². The average Bonchev–Trinajstić information content (AvgIpc) is 3.19. The fourth-order valence-electron chi connectivity index (χ4n) is 3.12. The molecule has 2 atom stereocenters. The third-order valence-electron chi connectivity index (χ3n) is 4.73. The second kappa shape index (κ2) is 9.73. The van der Waals surface area contributed by atoms with Crippen molar-refractivity contribution in [3.8, 4) is 5.75 Å². The van der Waals surface area contributed by atoms with E-state index in [9.17, 15) is 14.4 Å². The molecule has 0 spiro atoms. The summed E-state index contributed by atoms with van der Waals surface area (Å²) in [7, 11) is 1.28. The number of benzene rings is 2. The minimum absolute atomic E-state index is 0.161. The van der Waals surface area contributed by atoms with Crippen molar-refractivity contribution >= 4 is 17.8 Å². The molecule has 1 heterocycles. The molecule has 7 heteroatoms. The Labute approximate surface area is 169 Å². The number of esters is 1. The maximum atomic E-state index is 12.3. The van der Waals surface area contributed by atoms with Crippen molar-refractivity contribution in [1.29, 1.82) is 0 Å². The number of ether oxygens (including phenoxy) is 2. The summed E-state index contributed by atoms with van der Waals surface area (Å²) in [5.41, 5.74) is 1.92. The molecule has 2 aromatic carbocycles. The number of amides is 2. The van der Waals surface area contributed by atoms with Crippen molar-refractivity contribution in [2.75, 3.05) is 7.11 Å². The molecule has 3 rings (SSSR count). The predicted octanol–water partition coefficient (Wildman–Crippen LogP) is 1.74. The van der Waals surface area contributed by atoms with Gasteiger partial charge in [0.25, 0.3) is 0 Å². The standard InChI is InChI=1S/C22H24N2O5/c1-28-22(27)19(24-21(26)18-11-12-20(25)23-18)13-15-7-9-17(10-8-15)29-14-16-5-3-2-4-6-16/h2-10,18-19H,11-14H2,1H3,(H,23,25)(H,24,26)/t18-,19+/m0/s1. The van der Waals surface area contributed by atoms with Crippen LogP contribution < -0.4 is 15.4 Å². The number of carbonyl (C=O) groups is 3. The molecular weight excluding hydrogens is 372 g/mol. The van der Waals surface area contributed by atoms with Gasteiger partial charge in [0.1, 0.15) is 24.4 Å². The van der Waals surface area contributed by atoms with Crippen LogP contribution in [0.5, 0.6) is 5.75 Å². The van der Waals surface area contributed by atoms with E-state index >= 15 is 0 Å². The van der Waals surface area contributed by atoms with Crippen LogP contribution in [0.3, 0.4) is 0 Å². The van der Waals surface area contributed by atoms with Crippen molar-refractivity contribution in [3.63, 3.8) is 0 Å². The molecule has 0 aromatic heterocycles. The molecule has 7 nitrogen and oxygen atoms in total. The lowest BCUT2D eigenvalue weighted by Crippen LogP contribution is -2.49. The van der Waals surface area contributed by atoms with E-state index in [0.717, 1.165) is 11.1 Å². The maximum absolute atomic E-state index is 12.3. The van der Waals surface area contributed by atoms with E-state index < -0.39 is 18.1 Å². The Hall–Kier alpha value is -3.35. The molecule has 1 aliphatic heterocycles. The number of hydrogen-bond donors (Lipinski definition) is 2. The van der Waals surface area contributed by atoms with Crippen molar-refractivity contribution in [2.45, 2.75) is 38.0 Å². The monoisotopic (exact) mass is 396 g/mol. The van der Waals surface area contributed by atoms with Crippen LogP contribution in [0.2, 0.25) is 0 Å². The second-order valence-electron chi connectivity index (χ2n) is 6.87. The SMILES string of the molecule is COC(=O)[C@@H](Cc1ccc(OCc2ccccc2)cc1)NC(=O)[C@@H]1CCC(=O)N1. The van der Waals surface area contributed by atoms with Gasteiger partial charge in [-0.05, 0) is 29.7 Å². The third kappa shape index (κ3) is 5.81. The summed E-state index contributed by atoms with van der Waals surface area (Å²) < 4.78 is 10.6. The predicted molar refractivity (Wildman–Crippen MR) is 106 cm³/mol. The summed E-state index contributed by atoms with van der Waals surface area (Å²) >= 11 is 0. The van der Waals surface area contributed by atoms with Gasteiger partial charge in [0.05, 0.1) is 7.11 Å². The highest BCUT2D eigenvalue weighted by Gasteiger charge is 2.30. The summed E-state index contributed by atoms with van der Waals surface area (Å²) in [6.07, 6.45) is 1.01. The van der Waals surface area contributed by atoms with Crippen LogP contribution in [0, 0.1) is 0 Å². The minimum Gasteiger partial charge on any atom is -0.489 e. The van der Waals surface area contributed by atoms with Gasteiger partial charge in [0, 0.05) is 12.8 Å². The average molecular weight is 396 g/mol. The van der Waals surface area contributed by atoms with Gasteiger partial charge in [-0.2, -0.15) is 0 Å². The van der Waals surface area contributed by atoms with E-state index in [4.69, 9.17) is 9.47 Å². The number of rotatable bonds is 8. The second-order valence-corrected chi connectivity index (χ2v) is 6.87. The van der Waals surface area contributed by atoms with E-state index in [1.165, 1.54) is 7.11 Å². The first-order valence-electron chi connectivity index (χ1n) is 9.48. The van der Waals surface area contributed by atoms with Gasteiger partial charge < -0.3 is 20.1 Å². The molecule has 152 valence electrons. The van der Waals surface area contributed by atoms with Gasteiger partial charge in [-0.1, -0.05) is 42.5 Å². The van der Waals surface area contributed by atoms with Gasteiger partial charge >= 0.3 is 5.97 Å². The van der Waals surface area contributed by atoms with Crippen LogP contribution in [0.1, 0.15) is 24.0 Å². The van der Waals surface area contributed by atoms with E-state index in [1.54, 1.807) is 0 Å². The number of methoxy groups -OCH3 is 1. The fraction of sp³-hybridized carbons (Fsp3) is 0.318. The highest BCUT2D eigenvalue weighted by Crippen LogP contribution is 2.16. The molecule has 0 unspecified atom stereocenters. The molecule has 1 aliphatic rings. The normalized spacial score (nSPS) is 16.6. The Morgan fingerprint density at radius 1 is 1.10 bits per heavy atom. The molecule has 1 fully saturated rings. The molecule has 2 aromatic rings. The largest absolute Gasteiger partial charge is 0.489 e. The molecule has 0 saturated carbocycles. The van der Waals surface area contributed by atoms with Crippen LogP contribution in [-0.2, 0) is 32.1 Å². The maximum Gasteiger partial charge on any atom is 0.328 e. The Balaban J connectivity index is 1.58. The Bertz CT molecular complexity index is 851. The van der Waals surface area contributed by atoms with E-state index in [-0.39, 0.29) is 18.2 Å². The van der Waals surface area contributed by atoms with E-state index in [1.807, 2.05) is 54.6 Å². The summed E-state index contributed by atoms with van der Waals surface area (Å²) in [4.78, 5) is 35.7. The lowest BCUT2D eigenvalue weighted by Gasteiger charge is -2.19. The Kier molecular flexibility index (Phi) is 6.84. The summed E-state index contributed by atoms with van der Waals surface area (Å²) in [6, 6.07) is 15.8. The molecular formula is C22H24N2O5. The van der Waals surface area contributed by atoms with Crippen LogP contribution >= 0.6 is 0 Å². The van der Waals surface area contributed by atoms with E-state index in [0.29, 0.717) is 25.2 Å². The number of hydrogen-bond acceptors (Lipinski definition) is 5. The van der Waals surface area contributed by atoms with Crippen LogP contribution in [0.15, 0.2) is 54.6 Å². The molecule has 0 bridgehead atoms. The van der Waals surface area contributed by atoms with Gasteiger partial charge in [0.2, 0.25) is 11.8 Å². The molecule has 0 aliphatic carbocycles. The zero-order valence-electron chi connectivity index (χ0n) is 16.2. The van der Waals surface area contributed by atoms with Gasteiger partial charge in [-0.15, -0.1) is 0 Å². The topological polar surface area (TPSA) is 93.7 Å². The van der Waals surface area contributed by atoms with Gasteiger partial charge in [0.15, 0.2) is 0 Å². The highest BCUT2D eigenvalue weighted by atomic mass is 16.5. The van der Waals surface area contributed by atoms with Crippen LogP contribution in [0.4, 0.5) is 0 Å². The van der Waals surface area contributed by atoms with Gasteiger partial charge in [-0.25, -0.2) is 4.79 Å². The summed E-state index contributed by atoms with van der Waals surface area (Å²) in [5.74, 6) is -0.364. The first-order chi connectivity index (χ1) is 14.0. The molecule has 2 amide bonds. The molecule has 29 heavy (non-hydrogen) atoms. The van der Waals surface area contributed by atoms with Crippen LogP contribution in [-0.4, -0.2) is 37.0 Å². The molecule has 2 N–H and O–H groups in total. The first-order valence-corrected chi connectivity index (χ1v) is 9.48. The van der Waals surface area contributed by atoms with Crippen LogP contribution in [0.25, 0.3) is 0 Å². The molecule has 0 radical (unpaired) electrons. The Morgan fingerprint density at radius 2 is 1.83 bits per heavy atom. The number of nitrogens with one attached hydrogen (secondary N) is 2. The first kappa shape index (κ1) is 20.4. The lowest BCUT2D eigenvalue weighted by atomic mass is 10.0. The summed E-state index contributed by atoms with van der Waals surface area (Å²) in [5, 5.41) is 5.28. The van der Waals surface area contributed by atoms with Crippen molar-refractivity contribution < 1.29 is 23.9 Å². The zero-order chi connectivity index (χ0) is 20.6. The summed E-state index contributed by atoms with van der Waals surface area (Å²) in [6.45, 7) is 0.466. The highest BCUT2D eigenvalue weighted by molar-refractivity contribution is 5.93. The third-order valence-corrected chi connectivity index (χ3v) is 4.73.